The average Bonchev–Trinajstić information content (AvgIpc) is 2.41. The number of hydrogen-bond donors (Lipinski definition) is 2. The van der Waals surface area contributed by atoms with Crippen molar-refractivity contribution in [2.45, 2.75) is 32.9 Å². The summed E-state index contributed by atoms with van der Waals surface area (Å²) in [5, 5.41) is 3.46. The van der Waals surface area contributed by atoms with Crippen LogP contribution in [0.4, 0.5) is 11.4 Å². The molecule has 0 saturated heterocycles. The van der Waals surface area contributed by atoms with Gasteiger partial charge in [0.25, 0.3) is 0 Å². The first-order valence-electron chi connectivity index (χ1n) is 6.07. The molecule has 1 aromatic rings. The zero-order valence-corrected chi connectivity index (χ0v) is 10.2. The van der Waals surface area contributed by atoms with E-state index in [4.69, 9.17) is 5.73 Å². The van der Waals surface area contributed by atoms with E-state index in [9.17, 15) is 0 Å². The lowest BCUT2D eigenvalue weighted by molar-refractivity contribution is 0.212. The second-order valence-corrected chi connectivity index (χ2v) is 4.58. The molecule has 1 aromatic carbocycles. The van der Waals surface area contributed by atoms with Crippen LogP contribution in [0.3, 0.4) is 0 Å². The van der Waals surface area contributed by atoms with Gasteiger partial charge in [-0.3, -0.25) is 4.90 Å². The Bertz CT molecular complexity index is 362. The van der Waals surface area contributed by atoms with Gasteiger partial charge in [-0.1, -0.05) is 19.1 Å². The molecule has 3 heteroatoms. The Hall–Kier alpha value is -1.22. The predicted octanol–water partition coefficient (Wildman–Crippen LogP) is 2.29. The van der Waals surface area contributed by atoms with Crippen molar-refractivity contribution >= 4 is 11.4 Å². The van der Waals surface area contributed by atoms with E-state index in [1.54, 1.807) is 0 Å². The van der Waals surface area contributed by atoms with Crippen LogP contribution >= 0.6 is 0 Å². The number of hydrogen-bond acceptors (Lipinski definition) is 3. The fraction of sp³-hybridized carbons (Fsp3) is 0.538. The first kappa shape index (κ1) is 11.3. The third kappa shape index (κ3) is 2.14. The summed E-state index contributed by atoms with van der Waals surface area (Å²) in [7, 11) is 0. The minimum atomic E-state index is 0.562. The predicted molar refractivity (Wildman–Crippen MR) is 69.5 cm³/mol. The van der Waals surface area contributed by atoms with E-state index in [1.165, 1.54) is 12.0 Å². The number of nitrogens with one attached hydrogen (secondary N) is 1. The number of para-hydroxylation sites is 1. The maximum Gasteiger partial charge on any atom is 0.0620 e. The van der Waals surface area contributed by atoms with E-state index in [1.807, 2.05) is 12.1 Å². The molecule has 3 N–H and O–H groups in total. The maximum absolute atomic E-state index is 5.99. The van der Waals surface area contributed by atoms with Crippen LogP contribution in [0.1, 0.15) is 25.8 Å². The summed E-state index contributed by atoms with van der Waals surface area (Å²) in [5.74, 6) is 0. The van der Waals surface area contributed by atoms with Gasteiger partial charge in [-0.25, -0.2) is 0 Å². The number of anilines is 2. The van der Waals surface area contributed by atoms with Crippen LogP contribution in [-0.2, 0) is 6.54 Å². The summed E-state index contributed by atoms with van der Waals surface area (Å²) in [6.45, 7) is 7.62. The van der Waals surface area contributed by atoms with E-state index >= 15 is 0 Å². The lowest BCUT2D eigenvalue weighted by atomic mass is 10.1. The highest BCUT2D eigenvalue weighted by Gasteiger charge is 2.20. The molecule has 0 bridgehead atoms. The quantitative estimate of drug-likeness (QED) is 0.750. The zero-order valence-electron chi connectivity index (χ0n) is 10.2. The van der Waals surface area contributed by atoms with Gasteiger partial charge in [0.1, 0.15) is 0 Å². The van der Waals surface area contributed by atoms with E-state index in [-0.39, 0.29) is 0 Å². The van der Waals surface area contributed by atoms with Gasteiger partial charge in [0.05, 0.1) is 11.4 Å². The SMILES string of the molecule is CCCN1Cc2cccc(N)c2NC[C@H]1C. The molecule has 1 atom stereocenters. The molecule has 0 amide bonds. The van der Waals surface area contributed by atoms with Crippen LogP contribution < -0.4 is 11.1 Å². The second-order valence-electron chi connectivity index (χ2n) is 4.58. The lowest BCUT2D eigenvalue weighted by Gasteiger charge is -2.25. The standard InChI is InChI=1S/C13H21N3/c1-3-7-16-9-11-5-4-6-12(14)13(11)15-8-10(16)2/h4-6,10,15H,3,7-9,14H2,1-2H3/t10-/m1/s1. The normalized spacial score (nSPS) is 21.0. The van der Waals surface area contributed by atoms with Gasteiger partial charge in [0.2, 0.25) is 0 Å². The summed E-state index contributed by atoms with van der Waals surface area (Å²) in [6, 6.07) is 6.73. The van der Waals surface area contributed by atoms with Crippen LogP contribution in [-0.4, -0.2) is 24.0 Å². The Labute approximate surface area is 97.6 Å². The third-order valence-corrected chi connectivity index (χ3v) is 3.26. The van der Waals surface area contributed by atoms with Crippen molar-refractivity contribution in [2.75, 3.05) is 24.1 Å². The molecule has 3 nitrogen and oxygen atoms in total. The van der Waals surface area contributed by atoms with Crippen LogP contribution in [0.5, 0.6) is 0 Å². The van der Waals surface area contributed by atoms with Gasteiger partial charge >= 0.3 is 0 Å². The van der Waals surface area contributed by atoms with Gasteiger partial charge in [0, 0.05) is 19.1 Å². The Morgan fingerprint density at radius 1 is 1.50 bits per heavy atom. The van der Waals surface area contributed by atoms with Crippen molar-refractivity contribution in [3.8, 4) is 0 Å². The van der Waals surface area contributed by atoms with Gasteiger partial charge < -0.3 is 11.1 Å². The molecule has 0 aromatic heterocycles. The molecular weight excluding hydrogens is 198 g/mol. The maximum atomic E-state index is 5.99. The van der Waals surface area contributed by atoms with Crippen LogP contribution in [0, 0.1) is 0 Å². The van der Waals surface area contributed by atoms with Crippen molar-refractivity contribution in [1.29, 1.82) is 0 Å². The van der Waals surface area contributed by atoms with Crippen LogP contribution in [0.15, 0.2) is 18.2 Å². The number of nitrogen functional groups attached to an aromatic ring is 1. The molecule has 1 aliphatic heterocycles. The fourth-order valence-corrected chi connectivity index (χ4v) is 2.31. The van der Waals surface area contributed by atoms with Crippen LogP contribution in [0.2, 0.25) is 0 Å². The molecule has 0 fully saturated rings. The van der Waals surface area contributed by atoms with Crippen molar-refractivity contribution in [3.05, 3.63) is 23.8 Å². The third-order valence-electron chi connectivity index (χ3n) is 3.26. The van der Waals surface area contributed by atoms with Gasteiger partial charge in [-0.05, 0) is 31.5 Å². The first-order valence-corrected chi connectivity index (χ1v) is 6.07. The van der Waals surface area contributed by atoms with Crippen molar-refractivity contribution in [3.63, 3.8) is 0 Å². The Balaban J connectivity index is 2.27. The Morgan fingerprint density at radius 2 is 2.31 bits per heavy atom. The summed E-state index contributed by atoms with van der Waals surface area (Å²) in [6.07, 6.45) is 1.20. The molecule has 0 saturated carbocycles. The number of fused-ring (bicyclic) bond motifs is 1. The smallest absolute Gasteiger partial charge is 0.0620 e. The van der Waals surface area contributed by atoms with E-state index in [0.29, 0.717) is 6.04 Å². The summed E-state index contributed by atoms with van der Waals surface area (Å²) in [5.41, 5.74) is 9.31. The largest absolute Gasteiger partial charge is 0.397 e. The molecule has 16 heavy (non-hydrogen) atoms. The Morgan fingerprint density at radius 3 is 3.06 bits per heavy atom. The first-order chi connectivity index (χ1) is 7.72. The lowest BCUT2D eigenvalue weighted by Crippen LogP contribution is -2.35. The zero-order chi connectivity index (χ0) is 11.5. The van der Waals surface area contributed by atoms with E-state index in [0.717, 1.165) is 31.0 Å². The molecule has 1 aliphatic rings. The fourth-order valence-electron chi connectivity index (χ4n) is 2.31. The number of nitrogens with two attached hydrogens (primary N) is 1. The highest BCUT2D eigenvalue weighted by Crippen LogP contribution is 2.27. The Kier molecular flexibility index (Phi) is 3.34. The highest BCUT2D eigenvalue weighted by molar-refractivity contribution is 5.70. The summed E-state index contributed by atoms with van der Waals surface area (Å²) < 4.78 is 0. The average molecular weight is 219 g/mol. The summed E-state index contributed by atoms with van der Waals surface area (Å²) in [4.78, 5) is 2.51. The van der Waals surface area contributed by atoms with Crippen molar-refractivity contribution in [2.24, 2.45) is 0 Å². The minimum Gasteiger partial charge on any atom is -0.397 e. The summed E-state index contributed by atoms with van der Waals surface area (Å²) >= 11 is 0. The van der Waals surface area contributed by atoms with Gasteiger partial charge in [0.15, 0.2) is 0 Å². The number of benzene rings is 1. The van der Waals surface area contributed by atoms with E-state index in [2.05, 4.69) is 30.1 Å². The number of rotatable bonds is 2. The molecule has 0 unspecified atom stereocenters. The molecule has 0 aliphatic carbocycles. The molecule has 0 spiro atoms. The van der Waals surface area contributed by atoms with E-state index < -0.39 is 0 Å². The monoisotopic (exact) mass is 219 g/mol. The van der Waals surface area contributed by atoms with Gasteiger partial charge in [-0.2, -0.15) is 0 Å². The van der Waals surface area contributed by atoms with Gasteiger partial charge in [-0.15, -0.1) is 0 Å². The highest BCUT2D eigenvalue weighted by atomic mass is 15.2. The van der Waals surface area contributed by atoms with Crippen molar-refractivity contribution < 1.29 is 0 Å². The molecule has 1 heterocycles. The minimum absolute atomic E-state index is 0.562. The second kappa shape index (κ2) is 4.74. The van der Waals surface area contributed by atoms with Crippen LogP contribution in [0.25, 0.3) is 0 Å². The molecule has 88 valence electrons. The van der Waals surface area contributed by atoms with Crippen molar-refractivity contribution in [1.82, 2.24) is 4.90 Å². The molecule has 2 rings (SSSR count). The molecular formula is C13H21N3. The topological polar surface area (TPSA) is 41.3 Å². The number of nitrogens with zero attached hydrogens (tertiary/aromatic N) is 1. The molecule has 0 radical (unpaired) electrons.